The molecule has 0 aromatic heterocycles. The summed E-state index contributed by atoms with van der Waals surface area (Å²) >= 11 is 0. The number of methoxy groups -OCH3 is 2. The molecule has 1 amide bonds. The molecule has 0 heterocycles. The molecule has 2 aromatic carbocycles. The number of hydrogen-bond donors (Lipinski definition) is 1. The van der Waals surface area contributed by atoms with Crippen LogP contribution in [0.4, 0.5) is 0 Å². The van der Waals surface area contributed by atoms with Crippen LogP contribution in [0.3, 0.4) is 0 Å². The minimum Gasteiger partial charge on any atom is -0.465 e. The molecule has 0 atom stereocenters. The van der Waals surface area contributed by atoms with E-state index in [1.807, 2.05) is 0 Å². The zero-order valence-corrected chi connectivity index (χ0v) is 15.9. The van der Waals surface area contributed by atoms with E-state index in [0.29, 0.717) is 23.7 Å². The quantitative estimate of drug-likeness (QED) is 0.533. The maximum atomic E-state index is 12.2. The van der Waals surface area contributed by atoms with Gasteiger partial charge in [0.2, 0.25) is 5.91 Å². The number of aldehydes is 2. The van der Waals surface area contributed by atoms with E-state index in [2.05, 4.69) is 14.8 Å². The summed E-state index contributed by atoms with van der Waals surface area (Å²) in [6, 6.07) is 9.01. The minimum atomic E-state index is -0.646. The van der Waals surface area contributed by atoms with Crippen molar-refractivity contribution in [2.45, 2.75) is 13.0 Å². The lowest BCUT2D eigenvalue weighted by atomic mass is 10.0. The molecule has 0 aliphatic carbocycles. The average molecular weight is 397 g/mol. The standard InChI is InChI=1S/C21H19NO7/c1-28-20(26)17-6-4-13(7-16(17)12-24)9-19(25)22-10-14-3-5-15(11-23)18(8-14)21(27)29-2/h3-8,11-12H,9-10H2,1-2H3,(H,22,25). The number of carbonyl (C=O) groups is 5. The van der Waals surface area contributed by atoms with E-state index in [0.717, 1.165) is 0 Å². The number of carbonyl (C=O) groups excluding carboxylic acids is 5. The van der Waals surface area contributed by atoms with Gasteiger partial charge in [-0.05, 0) is 29.3 Å². The lowest BCUT2D eigenvalue weighted by Crippen LogP contribution is -2.25. The van der Waals surface area contributed by atoms with Crippen molar-refractivity contribution in [3.8, 4) is 0 Å². The summed E-state index contributed by atoms with van der Waals surface area (Å²) in [6.07, 6.45) is 1.06. The number of nitrogens with one attached hydrogen (secondary N) is 1. The van der Waals surface area contributed by atoms with Gasteiger partial charge in [-0.1, -0.05) is 18.2 Å². The number of benzene rings is 2. The van der Waals surface area contributed by atoms with Crippen molar-refractivity contribution in [2.75, 3.05) is 14.2 Å². The van der Waals surface area contributed by atoms with Crippen molar-refractivity contribution in [1.29, 1.82) is 0 Å². The van der Waals surface area contributed by atoms with Gasteiger partial charge in [0.15, 0.2) is 12.6 Å². The van der Waals surface area contributed by atoms with Crippen molar-refractivity contribution in [3.63, 3.8) is 0 Å². The molecule has 29 heavy (non-hydrogen) atoms. The Morgan fingerprint density at radius 3 is 2.07 bits per heavy atom. The van der Waals surface area contributed by atoms with Crippen molar-refractivity contribution in [3.05, 3.63) is 69.8 Å². The van der Waals surface area contributed by atoms with Crippen LogP contribution in [0.25, 0.3) is 0 Å². The highest BCUT2D eigenvalue weighted by atomic mass is 16.5. The van der Waals surface area contributed by atoms with Gasteiger partial charge >= 0.3 is 11.9 Å². The molecule has 8 heteroatoms. The topological polar surface area (TPSA) is 116 Å². The van der Waals surface area contributed by atoms with Gasteiger partial charge in [0.1, 0.15) is 0 Å². The summed E-state index contributed by atoms with van der Waals surface area (Å²) in [5, 5.41) is 2.70. The fourth-order valence-corrected chi connectivity index (χ4v) is 2.67. The largest absolute Gasteiger partial charge is 0.465 e. The molecule has 0 spiro atoms. The van der Waals surface area contributed by atoms with E-state index in [1.165, 1.54) is 38.5 Å². The third-order valence-corrected chi connectivity index (χ3v) is 4.15. The first-order chi connectivity index (χ1) is 13.9. The van der Waals surface area contributed by atoms with E-state index >= 15 is 0 Å². The number of hydrogen-bond acceptors (Lipinski definition) is 7. The molecule has 0 aliphatic rings. The van der Waals surface area contributed by atoms with Crippen LogP contribution in [0, 0.1) is 0 Å². The molecule has 0 radical (unpaired) electrons. The molecule has 0 unspecified atom stereocenters. The van der Waals surface area contributed by atoms with Crippen LogP contribution in [0.15, 0.2) is 36.4 Å². The lowest BCUT2D eigenvalue weighted by Gasteiger charge is -2.09. The second-order valence-electron chi connectivity index (χ2n) is 6.02. The Morgan fingerprint density at radius 1 is 0.828 bits per heavy atom. The van der Waals surface area contributed by atoms with Crippen LogP contribution in [-0.4, -0.2) is 44.6 Å². The summed E-state index contributed by atoms with van der Waals surface area (Å²) in [7, 11) is 2.43. The van der Waals surface area contributed by atoms with Gasteiger partial charge in [-0.25, -0.2) is 9.59 Å². The van der Waals surface area contributed by atoms with Crippen LogP contribution in [-0.2, 0) is 27.2 Å². The first-order valence-electron chi connectivity index (χ1n) is 8.53. The highest BCUT2D eigenvalue weighted by Crippen LogP contribution is 2.14. The van der Waals surface area contributed by atoms with Crippen molar-refractivity contribution in [1.82, 2.24) is 5.32 Å². The zero-order valence-electron chi connectivity index (χ0n) is 15.9. The Bertz CT molecular complexity index is 965. The maximum absolute atomic E-state index is 12.2. The minimum absolute atomic E-state index is 0.0153. The third-order valence-electron chi connectivity index (χ3n) is 4.15. The SMILES string of the molecule is COC(=O)c1ccc(CC(=O)NCc2ccc(C=O)c(C(=O)OC)c2)cc1C=O. The zero-order chi connectivity index (χ0) is 21.4. The molecule has 0 saturated carbocycles. The second kappa shape index (κ2) is 9.93. The van der Waals surface area contributed by atoms with Crippen molar-refractivity contribution in [2.24, 2.45) is 0 Å². The lowest BCUT2D eigenvalue weighted by molar-refractivity contribution is -0.120. The maximum Gasteiger partial charge on any atom is 0.338 e. The van der Waals surface area contributed by atoms with Gasteiger partial charge in [0.05, 0.1) is 31.8 Å². The van der Waals surface area contributed by atoms with Crippen LogP contribution in [0.1, 0.15) is 52.6 Å². The molecule has 0 bridgehead atoms. The van der Waals surface area contributed by atoms with E-state index in [-0.39, 0.29) is 41.1 Å². The Hall–Kier alpha value is -3.81. The average Bonchev–Trinajstić information content (AvgIpc) is 2.76. The summed E-state index contributed by atoms with van der Waals surface area (Å²) in [4.78, 5) is 57.8. The molecule has 2 rings (SSSR count). The molecule has 0 saturated heterocycles. The molecule has 2 aromatic rings. The Morgan fingerprint density at radius 2 is 1.45 bits per heavy atom. The van der Waals surface area contributed by atoms with Crippen LogP contribution < -0.4 is 5.32 Å². The van der Waals surface area contributed by atoms with Crippen molar-refractivity contribution < 1.29 is 33.4 Å². The first-order valence-corrected chi connectivity index (χ1v) is 8.53. The van der Waals surface area contributed by atoms with Crippen LogP contribution in [0.2, 0.25) is 0 Å². The molecule has 1 N–H and O–H groups in total. The Balaban J connectivity index is 2.07. The van der Waals surface area contributed by atoms with E-state index in [4.69, 9.17) is 0 Å². The molecule has 0 fully saturated rings. The first kappa shape index (κ1) is 21.5. The van der Waals surface area contributed by atoms with Gasteiger partial charge in [-0.15, -0.1) is 0 Å². The van der Waals surface area contributed by atoms with Crippen molar-refractivity contribution >= 4 is 30.4 Å². The van der Waals surface area contributed by atoms with E-state index < -0.39 is 11.9 Å². The Labute approximate surface area is 166 Å². The number of ether oxygens (including phenoxy) is 2. The predicted molar refractivity (Wildman–Crippen MR) is 102 cm³/mol. The van der Waals surface area contributed by atoms with Gasteiger partial charge in [-0.3, -0.25) is 14.4 Å². The van der Waals surface area contributed by atoms with Crippen LogP contribution >= 0.6 is 0 Å². The van der Waals surface area contributed by atoms with Gasteiger partial charge in [0, 0.05) is 17.7 Å². The fraction of sp³-hybridized carbons (Fsp3) is 0.190. The highest BCUT2D eigenvalue weighted by molar-refractivity contribution is 5.99. The molecular formula is C21H19NO7. The molecular weight excluding hydrogens is 378 g/mol. The van der Waals surface area contributed by atoms with Gasteiger partial charge < -0.3 is 14.8 Å². The number of esters is 2. The molecule has 150 valence electrons. The fourth-order valence-electron chi connectivity index (χ4n) is 2.67. The third kappa shape index (κ3) is 5.35. The molecule has 0 aliphatic heterocycles. The second-order valence-corrected chi connectivity index (χ2v) is 6.02. The summed E-state index contributed by atoms with van der Waals surface area (Å²) in [5.74, 6) is -1.61. The monoisotopic (exact) mass is 397 g/mol. The molecule has 8 nitrogen and oxygen atoms in total. The predicted octanol–water partition coefficient (Wildman–Crippen LogP) is 1.74. The Kier molecular flexibility index (Phi) is 7.36. The smallest absolute Gasteiger partial charge is 0.338 e. The number of rotatable bonds is 8. The van der Waals surface area contributed by atoms with Gasteiger partial charge in [-0.2, -0.15) is 0 Å². The normalized spacial score (nSPS) is 10.0. The van der Waals surface area contributed by atoms with Crippen LogP contribution in [0.5, 0.6) is 0 Å². The summed E-state index contributed by atoms with van der Waals surface area (Å²) in [5.41, 5.74) is 1.72. The van der Waals surface area contributed by atoms with E-state index in [9.17, 15) is 24.0 Å². The van der Waals surface area contributed by atoms with Gasteiger partial charge in [0.25, 0.3) is 0 Å². The summed E-state index contributed by atoms with van der Waals surface area (Å²) in [6.45, 7) is 0.128. The highest BCUT2D eigenvalue weighted by Gasteiger charge is 2.14. The summed E-state index contributed by atoms with van der Waals surface area (Å²) < 4.78 is 9.25. The number of amides is 1. The van der Waals surface area contributed by atoms with E-state index in [1.54, 1.807) is 12.1 Å².